The number of aromatic nitrogens is 2. The number of hydrogen-bond donors (Lipinski definition) is 0. The summed E-state index contributed by atoms with van der Waals surface area (Å²) < 4.78 is 9.44. The van der Waals surface area contributed by atoms with Gasteiger partial charge in [-0.1, -0.05) is 150 Å². The van der Waals surface area contributed by atoms with E-state index in [4.69, 9.17) is 9.72 Å². The van der Waals surface area contributed by atoms with Crippen molar-refractivity contribution in [1.82, 2.24) is 9.55 Å². The zero-order valence-corrected chi connectivity index (χ0v) is 41.1. The fourth-order valence-electron chi connectivity index (χ4n) is 9.61. The van der Waals surface area contributed by atoms with Gasteiger partial charge in [0.1, 0.15) is 17.3 Å². The molecular formula is C61H66N4O. The first-order valence-electron chi connectivity index (χ1n) is 23.8. The Bertz CT molecular complexity index is 3070. The quantitative estimate of drug-likeness (QED) is 0.137. The lowest BCUT2D eigenvalue weighted by Gasteiger charge is -2.26. The summed E-state index contributed by atoms with van der Waals surface area (Å²) in [5.74, 6) is 3.14. The van der Waals surface area contributed by atoms with Gasteiger partial charge in [0, 0.05) is 58.3 Å². The third-order valence-electron chi connectivity index (χ3n) is 13.7. The van der Waals surface area contributed by atoms with Crippen LogP contribution in [0.5, 0.6) is 11.5 Å². The minimum absolute atomic E-state index is 0.0397. The van der Waals surface area contributed by atoms with E-state index in [1.165, 1.54) is 50.0 Å². The van der Waals surface area contributed by atoms with E-state index in [2.05, 4.69) is 249 Å². The predicted octanol–water partition coefficient (Wildman–Crippen LogP) is 16.6. The summed E-state index contributed by atoms with van der Waals surface area (Å²) >= 11 is 0. The van der Waals surface area contributed by atoms with Crippen molar-refractivity contribution in [3.05, 3.63) is 192 Å². The first-order chi connectivity index (χ1) is 31.4. The maximum absolute atomic E-state index is 7.12. The van der Waals surface area contributed by atoms with Crippen LogP contribution in [0.25, 0.3) is 38.8 Å². The van der Waals surface area contributed by atoms with Crippen molar-refractivity contribution in [2.75, 3.05) is 16.5 Å². The van der Waals surface area contributed by atoms with Crippen LogP contribution in [0.4, 0.5) is 11.4 Å². The molecule has 8 aromatic rings. The lowest BCUT2D eigenvalue weighted by atomic mass is 9.78. The van der Waals surface area contributed by atoms with Crippen LogP contribution in [0.3, 0.4) is 0 Å². The van der Waals surface area contributed by atoms with Crippen molar-refractivity contribution >= 4 is 33.2 Å². The first kappa shape index (κ1) is 44.6. The average molecular weight is 871 g/mol. The summed E-state index contributed by atoms with van der Waals surface area (Å²) in [6, 6.07) is 51.2. The Morgan fingerprint density at radius 1 is 0.500 bits per heavy atom. The molecule has 0 saturated carbocycles. The van der Waals surface area contributed by atoms with Gasteiger partial charge in [0.2, 0.25) is 0 Å². The predicted molar refractivity (Wildman–Crippen MR) is 280 cm³/mol. The molecule has 2 aromatic heterocycles. The molecule has 0 atom stereocenters. The Morgan fingerprint density at radius 2 is 1.15 bits per heavy atom. The number of rotatable bonds is 10. The number of benzene rings is 6. The van der Waals surface area contributed by atoms with Crippen molar-refractivity contribution in [2.24, 2.45) is 0 Å². The van der Waals surface area contributed by atoms with Crippen LogP contribution in [-0.4, -0.2) is 16.2 Å². The number of pyridine rings is 1. The summed E-state index contributed by atoms with van der Waals surface area (Å²) in [6.45, 7) is 28.1. The molecule has 0 saturated heterocycles. The molecule has 0 radical (unpaired) electrons. The van der Waals surface area contributed by atoms with E-state index < -0.39 is 0 Å². The molecule has 9 rings (SSSR count). The normalized spacial score (nSPS) is 13.5. The van der Waals surface area contributed by atoms with Gasteiger partial charge in [0.05, 0.1) is 17.7 Å². The monoisotopic (exact) mass is 871 g/mol. The molecule has 1 aliphatic rings. The molecule has 336 valence electrons. The summed E-state index contributed by atoms with van der Waals surface area (Å²) in [4.78, 5) is 9.68. The van der Waals surface area contributed by atoms with Crippen LogP contribution >= 0.6 is 0 Å². The molecule has 5 nitrogen and oxygen atoms in total. The van der Waals surface area contributed by atoms with Gasteiger partial charge in [-0.2, -0.15) is 0 Å². The molecular weight excluding hydrogens is 805 g/mol. The van der Waals surface area contributed by atoms with Crippen LogP contribution in [-0.2, 0) is 16.2 Å². The van der Waals surface area contributed by atoms with Gasteiger partial charge in [-0.15, -0.1) is 0 Å². The van der Waals surface area contributed by atoms with Crippen LogP contribution in [0.1, 0.15) is 128 Å². The minimum atomic E-state index is -0.193. The molecule has 6 aromatic carbocycles. The summed E-state index contributed by atoms with van der Waals surface area (Å²) in [5.41, 5.74) is 14.5. The molecule has 66 heavy (non-hydrogen) atoms. The number of nitrogens with zero attached hydrogens (tertiary/aromatic N) is 4. The molecule has 0 unspecified atom stereocenters. The number of anilines is 2. The van der Waals surface area contributed by atoms with Crippen molar-refractivity contribution < 1.29 is 4.74 Å². The fraction of sp³-hybridized carbons (Fsp3) is 0.295. The lowest BCUT2D eigenvalue weighted by molar-refractivity contribution is 0.483. The van der Waals surface area contributed by atoms with Crippen LogP contribution in [0.15, 0.2) is 158 Å². The molecule has 3 heterocycles. The van der Waals surface area contributed by atoms with Crippen molar-refractivity contribution in [3.8, 4) is 28.4 Å². The second-order valence-corrected chi connectivity index (χ2v) is 21.5. The highest BCUT2D eigenvalue weighted by atomic mass is 16.5. The second-order valence-electron chi connectivity index (χ2n) is 21.5. The molecule has 1 aliphatic heterocycles. The molecule has 0 N–H and O–H groups in total. The van der Waals surface area contributed by atoms with Gasteiger partial charge in [-0.3, -0.25) is 4.57 Å². The smallest absolute Gasteiger partial charge is 0.137 e. The van der Waals surface area contributed by atoms with Crippen LogP contribution in [0.2, 0.25) is 0 Å². The van der Waals surface area contributed by atoms with Crippen molar-refractivity contribution in [3.63, 3.8) is 0 Å². The van der Waals surface area contributed by atoms with Gasteiger partial charge < -0.3 is 14.5 Å². The van der Waals surface area contributed by atoms with Crippen molar-refractivity contribution in [2.45, 2.75) is 111 Å². The van der Waals surface area contributed by atoms with Gasteiger partial charge in [-0.25, -0.2) is 4.98 Å². The van der Waals surface area contributed by atoms with Gasteiger partial charge in [-0.05, 0) is 128 Å². The van der Waals surface area contributed by atoms with E-state index >= 15 is 0 Å². The first-order valence-corrected chi connectivity index (χ1v) is 23.8. The Labute approximate surface area is 393 Å². The van der Waals surface area contributed by atoms with Gasteiger partial charge in [0.25, 0.3) is 0 Å². The van der Waals surface area contributed by atoms with Crippen LogP contribution < -0.4 is 14.5 Å². The van der Waals surface area contributed by atoms with E-state index in [9.17, 15) is 0 Å². The Morgan fingerprint density at radius 3 is 1.83 bits per heavy atom. The SMILES string of the molecule is CC(C)c1cccc(C(C)C)c1-c1cc(Oc2ccc3c4cc(C(C)(C)c5ccccc5)ccc4n(-c4cc(C(C)(C)C)ccn4)c3c2)cc(N2C=CN(c3cccc(C(C)(C)C)c3)C2)c1. The highest BCUT2D eigenvalue weighted by Crippen LogP contribution is 2.43. The Kier molecular flexibility index (Phi) is 11.5. The Hall–Kier alpha value is -6.59. The summed E-state index contributed by atoms with van der Waals surface area (Å²) in [7, 11) is 0. The largest absolute Gasteiger partial charge is 0.457 e. The van der Waals surface area contributed by atoms with E-state index in [-0.39, 0.29) is 16.2 Å². The third-order valence-corrected chi connectivity index (χ3v) is 13.7. The molecule has 0 spiro atoms. The maximum atomic E-state index is 7.12. The molecule has 0 amide bonds. The lowest BCUT2D eigenvalue weighted by Crippen LogP contribution is -2.25. The van der Waals surface area contributed by atoms with E-state index in [0.29, 0.717) is 18.5 Å². The average Bonchev–Trinajstić information content (AvgIpc) is 3.92. The van der Waals surface area contributed by atoms with Gasteiger partial charge in [0.15, 0.2) is 0 Å². The molecule has 5 heteroatoms. The van der Waals surface area contributed by atoms with Crippen molar-refractivity contribution in [1.29, 1.82) is 0 Å². The topological polar surface area (TPSA) is 33.5 Å². The maximum Gasteiger partial charge on any atom is 0.137 e. The highest BCUT2D eigenvalue weighted by Gasteiger charge is 2.27. The van der Waals surface area contributed by atoms with E-state index in [0.717, 1.165) is 45.0 Å². The standard InChI is InChI=1S/C61H66N4O/c1-40(2)51-22-17-23-52(41(3)4)58(51)42-32-48(64-31-30-63(39-64)47-21-16-20-44(34-47)59(5,6)7)37-50(33-42)66-49-25-26-53-54-35-46(61(11,12)43-18-14-13-15-19-43)24-27-55(54)65(56(53)38-49)57-36-45(28-29-62-57)60(8,9)10/h13-38,40-41H,39H2,1-12H3. The Balaban J connectivity index is 1.18. The fourth-order valence-corrected chi connectivity index (χ4v) is 9.61. The zero-order chi connectivity index (χ0) is 46.7. The number of ether oxygens (including phenoxy) is 1. The molecule has 0 bridgehead atoms. The van der Waals surface area contributed by atoms with E-state index in [1.54, 1.807) is 0 Å². The second kappa shape index (κ2) is 17.0. The summed E-state index contributed by atoms with van der Waals surface area (Å²) in [5, 5.41) is 2.35. The minimum Gasteiger partial charge on any atom is -0.457 e. The van der Waals surface area contributed by atoms with Gasteiger partial charge >= 0.3 is 0 Å². The summed E-state index contributed by atoms with van der Waals surface area (Å²) in [6.07, 6.45) is 6.34. The zero-order valence-electron chi connectivity index (χ0n) is 41.1. The van der Waals surface area contributed by atoms with Crippen LogP contribution in [0, 0.1) is 0 Å². The number of hydrogen-bond acceptors (Lipinski definition) is 4. The van der Waals surface area contributed by atoms with E-state index in [1.807, 2.05) is 6.20 Å². The number of fused-ring (bicyclic) bond motifs is 3. The molecule has 0 aliphatic carbocycles. The third kappa shape index (κ3) is 8.52. The highest BCUT2D eigenvalue weighted by molar-refractivity contribution is 6.10. The molecule has 0 fully saturated rings.